The van der Waals surface area contributed by atoms with Crippen LogP contribution in [0.15, 0.2) is 18.2 Å². The highest BCUT2D eigenvalue weighted by Crippen LogP contribution is 2.49. The molecule has 0 bridgehead atoms. The molecule has 1 heterocycles. The van der Waals surface area contributed by atoms with Crippen LogP contribution in [0.1, 0.15) is 56.1 Å². The number of rotatable bonds is 4. The summed E-state index contributed by atoms with van der Waals surface area (Å²) in [6.45, 7) is 5.61. The predicted molar refractivity (Wildman–Crippen MR) is 92.2 cm³/mol. The van der Waals surface area contributed by atoms with E-state index < -0.39 is 0 Å². The molecule has 1 atom stereocenters. The summed E-state index contributed by atoms with van der Waals surface area (Å²) in [5.41, 5.74) is 2.60. The lowest BCUT2D eigenvalue weighted by Gasteiger charge is -2.54. The van der Waals surface area contributed by atoms with Crippen molar-refractivity contribution < 1.29 is 14.3 Å². The molecule has 2 aliphatic rings. The zero-order valence-corrected chi connectivity index (χ0v) is 14.7. The first-order valence-electron chi connectivity index (χ1n) is 9.14. The Labute approximate surface area is 143 Å². The molecule has 24 heavy (non-hydrogen) atoms. The van der Waals surface area contributed by atoms with E-state index in [2.05, 4.69) is 6.92 Å². The summed E-state index contributed by atoms with van der Waals surface area (Å²) >= 11 is 0. The number of aliphatic hydroxyl groups is 1. The topological polar surface area (TPSA) is 40.5 Å². The largest absolute Gasteiger partial charge is 0.396 e. The number of aliphatic hydroxyl groups excluding tert-OH is 1. The molecule has 1 spiro atoms. The van der Waals surface area contributed by atoms with Gasteiger partial charge >= 0.3 is 0 Å². The Morgan fingerprint density at radius 2 is 2.04 bits per heavy atom. The van der Waals surface area contributed by atoms with Gasteiger partial charge in [-0.25, -0.2) is 4.39 Å². The number of benzene rings is 1. The van der Waals surface area contributed by atoms with Gasteiger partial charge in [-0.15, -0.1) is 0 Å². The van der Waals surface area contributed by atoms with E-state index in [1.54, 1.807) is 6.07 Å². The average Bonchev–Trinajstić information content (AvgIpc) is 2.56. The van der Waals surface area contributed by atoms with Crippen LogP contribution in [0.25, 0.3) is 0 Å². The Hall–Kier alpha value is -1.42. The van der Waals surface area contributed by atoms with Gasteiger partial charge in [-0.05, 0) is 68.2 Å². The molecular formula is C20H28FNO2. The Morgan fingerprint density at radius 3 is 2.62 bits per heavy atom. The highest BCUT2D eigenvalue weighted by Gasteiger charge is 2.47. The highest BCUT2D eigenvalue weighted by molar-refractivity contribution is 5.80. The summed E-state index contributed by atoms with van der Waals surface area (Å²) in [7, 11) is 0. The maximum absolute atomic E-state index is 13.5. The lowest BCUT2D eigenvalue weighted by atomic mass is 9.64. The molecule has 1 aliphatic carbocycles. The second kappa shape index (κ2) is 6.83. The van der Waals surface area contributed by atoms with Crippen LogP contribution in [0.2, 0.25) is 0 Å². The molecule has 132 valence electrons. The van der Waals surface area contributed by atoms with Crippen molar-refractivity contribution in [3.8, 4) is 0 Å². The van der Waals surface area contributed by atoms with Gasteiger partial charge in [-0.2, -0.15) is 0 Å². The number of carbonyl (C=O) groups is 1. The first-order chi connectivity index (χ1) is 11.5. The zero-order chi connectivity index (χ0) is 17.3. The number of halogens is 1. The zero-order valence-electron chi connectivity index (χ0n) is 14.7. The summed E-state index contributed by atoms with van der Waals surface area (Å²) in [4.78, 5) is 14.2. The number of nitrogens with zero attached hydrogens (tertiary/aromatic N) is 1. The predicted octanol–water partition coefficient (Wildman–Crippen LogP) is 3.64. The van der Waals surface area contributed by atoms with Crippen molar-refractivity contribution in [1.29, 1.82) is 0 Å². The van der Waals surface area contributed by atoms with Gasteiger partial charge in [-0.3, -0.25) is 4.79 Å². The Morgan fingerprint density at radius 1 is 1.38 bits per heavy atom. The van der Waals surface area contributed by atoms with E-state index in [4.69, 9.17) is 0 Å². The van der Waals surface area contributed by atoms with Crippen molar-refractivity contribution in [3.63, 3.8) is 0 Å². The molecule has 0 radical (unpaired) electrons. The molecule has 0 aromatic heterocycles. The summed E-state index contributed by atoms with van der Waals surface area (Å²) in [6.07, 6.45) is 5.05. The van der Waals surface area contributed by atoms with E-state index >= 15 is 0 Å². The molecule has 0 unspecified atom stereocenters. The minimum atomic E-state index is -0.242. The molecular weight excluding hydrogens is 305 g/mol. The molecule has 1 aromatic rings. The smallest absolute Gasteiger partial charge is 0.228 e. The Bertz CT molecular complexity index is 596. The van der Waals surface area contributed by atoms with Crippen LogP contribution >= 0.6 is 0 Å². The Balaban J connectivity index is 1.57. The molecule has 1 amide bonds. The van der Waals surface area contributed by atoms with Crippen LogP contribution in [0.4, 0.5) is 4.39 Å². The van der Waals surface area contributed by atoms with E-state index in [-0.39, 0.29) is 29.7 Å². The number of hydrogen-bond acceptors (Lipinski definition) is 2. The molecule has 3 rings (SSSR count). The van der Waals surface area contributed by atoms with Gasteiger partial charge in [0.05, 0.1) is 12.5 Å². The maximum atomic E-state index is 13.5. The number of aryl methyl sites for hydroxylation is 1. The monoisotopic (exact) mass is 333 g/mol. The third kappa shape index (κ3) is 3.21. The van der Waals surface area contributed by atoms with Crippen molar-refractivity contribution in [2.24, 2.45) is 11.3 Å². The molecule has 1 aliphatic heterocycles. The van der Waals surface area contributed by atoms with Crippen LogP contribution in [-0.4, -0.2) is 35.6 Å². The standard InChI is InChI=1S/C20H28FNO2/c1-3-15(11-23)19(24)22-12-20(13-22)8-6-16(7-9-20)18-10-17(21)5-4-14(18)2/h4-5,10,15-16,23H,3,6-9,11-13H2,1-2H3/t15-/m1/s1. The SMILES string of the molecule is CC[C@H](CO)C(=O)N1CC2(CCC(c3cc(F)ccc3C)CC2)C1. The number of amides is 1. The number of hydrogen-bond donors (Lipinski definition) is 1. The van der Waals surface area contributed by atoms with E-state index in [0.29, 0.717) is 12.3 Å². The number of carbonyl (C=O) groups excluding carboxylic acids is 1. The van der Waals surface area contributed by atoms with Gasteiger partial charge in [0, 0.05) is 18.5 Å². The molecule has 1 saturated carbocycles. The van der Waals surface area contributed by atoms with Crippen molar-refractivity contribution in [1.82, 2.24) is 4.90 Å². The average molecular weight is 333 g/mol. The fraction of sp³-hybridized carbons (Fsp3) is 0.650. The molecule has 3 nitrogen and oxygen atoms in total. The quantitative estimate of drug-likeness (QED) is 0.914. The van der Waals surface area contributed by atoms with Crippen molar-refractivity contribution in [2.75, 3.05) is 19.7 Å². The summed E-state index contributed by atoms with van der Waals surface area (Å²) < 4.78 is 13.5. The van der Waals surface area contributed by atoms with Crippen molar-refractivity contribution in [3.05, 3.63) is 35.1 Å². The van der Waals surface area contributed by atoms with E-state index in [9.17, 15) is 14.3 Å². The van der Waals surface area contributed by atoms with E-state index in [0.717, 1.165) is 44.3 Å². The normalized spacial score (nSPS) is 21.6. The molecule has 1 saturated heterocycles. The summed E-state index contributed by atoms with van der Waals surface area (Å²) in [5, 5.41) is 9.30. The maximum Gasteiger partial charge on any atom is 0.228 e. The minimum absolute atomic E-state index is 0.0558. The highest BCUT2D eigenvalue weighted by atomic mass is 19.1. The lowest BCUT2D eigenvalue weighted by Crippen LogP contribution is -2.60. The number of likely N-dealkylation sites (tertiary alicyclic amines) is 1. The van der Waals surface area contributed by atoms with Gasteiger partial charge in [0.15, 0.2) is 0 Å². The van der Waals surface area contributed by atoms with Gasteiger partial charge in [-0.1, -0.05) is 13.0 Å². The lowest BCUT2D eigenvalue weighted by molar-refractivity contribution is -0.151. The van der Waals surface area contributed by atoms with Crippen LogP contribution in [0, 0.1) is 24.1 Å². The Kier molecular flexibility index (Phi) is 4.95. The van der Waals surface area contributed by atoms with Crippen molar-refractivity contribution >= 4 is 5.91 Å². The second-order valence-electron chi connectivity index (χ2n) is 7.76. The summed E-state index contributed by atoms with van der Waals surface area (Å²) in [5.74, 6) is 0.158. The molecule has 2 fully saturated rings. The van der Waals surface area contributed by atoms with Gasteiger partial charge in [0.2, 0.25) is 5.91 Å². The van der Waals surface area contributed by atoms with Crippen LogP contribution in [0.5, 0.6) is 0 Å². The fourth-order valence-corrected chi connectivity index (χ4v) is 4.47. The van der Waals surface area contributed by atoms with Crippen LogP contribution < -0.4 is 0 Å². The third-order valence-electron chi connectivity index (χ3n) is 6.15. The van der Waals surface area contributed by atoms with Gasteiger partial charge in [0.1, 0.15) is 5.82 Å². The second-order valence-corrected chi connectivity index (χ2v) is 7.76. The van der Waals surface area contributed by atoms with Crippen LogP contribution in [-0.2, 0) is 4.79 Å². The molecule has 1 aromatic carbocycles. The van der Waals surface area contributed by atoms with E-state index in [1.165, 1.54) is 11.6 Å². The van der Waals surface area contributed by atoms with Crippen molar-refractivity contribution in [2.45, 2.75) is 51.9 Å². The first-order valence-corrected chi connectivity index (χ1v) is 9.14. The first kappa shape index (κ1) is 17.4. The van der Waals surface area contributed by atoms with Gasteiger partial charge in [0.25, 0.3) is 0 Å². The molecule has 4 heteroatoms. The van der Waals surface area contributed by atoms with Gasteiger partial charge < -0.3 is 10.0 Å². The summed E-state index contributed by atoms with van der Waals surface area (Å²) in [6, 6.07) is 5.10. The van der Waals surface area contributed by atoms with E-state index in [1.807, 2.05) is 17.9 Å². The van der Waals surface area contributed by atoms with Crippen LogP contribution in [0.3, 0.4) is 0 Å². The fourth-order valence-electron chi connectivity index (χ4n) is 4.47. The molecule has 1 N–H and O–H groups in total. The minimum Gasteiger partial charge on any atom is -0.396 e. The third-order valence-corrected chi connectivity index (χ3v) is 6.15.